The zero-order chi connectivity index (χ0) is 31.4. The zero-order valence-electron chi connectivity index (χ0n) is 24.8. The molecular weight excluding hydrogens is 580 g/mol. The third-order valence-corrected chi connectivity index (χ3v) is 9.69. The summed E-state index contributed by atoms with van der Waals surface area (Å²) in [7, 11) is -2.29. The first kappa shape index (κ1) is 31.0. The largest absolute Gasteiger partial charge is 0.488 e. The molecule has 1 aliphatic heterocycles. The lowest BCUT2D eigenvalue weighted by Crippen LogP contribution is -2.50. The first-order chi connectivity index (χ1) is 21.1. The normalized spacial score (nSPS) is 17.8. The molecule has 1 aliphatic rings. The number of sulfonamides is 1. The van der Waals surface area contributed by atoms with Crippen LogP contribution in [0.2, 0.25) is 0 Å². The third kappa shape index (κ3) is 6.54. The molecule has 4 aromatic rings. The van der Waals surface area contributed by atoms with Crippen LogP contribution in [-0.4, -0.2) is 73.6 Å². The Hall–Kier alpha value is -4.45. The van der Waals surface area contributed by atoms with Gasteiger partial charge in [-0.05, 0) is 48.7 Å². The topological polar surface area (TPSA) is 128 Å². The van der Waals surface area contributed by atoms with E-state index in [-0.39, 0.29) is 47.7 Å². The highest BCUT2D eigenvalue weighted by Crippen LogP contribution is 2.31. The third-order valence-electron chi connectivity index (χ3n) is 7.85. The lowest BCUT2D eigenvalue weighted by molar-refractivity contribution is 0.0387. The molecule has 11 heteroatoms. The molecule has 5 rings (SSSR count). The van der Waals surface area contributed by atoms with Crippen molar-refractivity contribution in [3.05, 3.63) is 96.6 Å². The fraction of sp³-hybridized carbons (Fsp3) is 0.273. The Morgan fingerprint density at radius 3 is 2.48 bits per heavy atom. The van der Waals surface area contributed by atoms with E-state index < -0.39 is 28.2 Å². The molecule has 4 aromatic carbocycles. The average molecular weight is 617 g/mol. The van der Waals surface area contributed by atoms with Crippen molar-refractivity contribution in [1.82, 2.24) is 9.21 Å². The summed E-state index contributed by atoms with van der Waals surface area (Å²) < 4.78 is 34.1. The lowest BCUT2D eigenvalue weighted by atomic mass is 9.99. The molecule has 3 amide bonds. The van der Waals surface area contributed by atoms with Crippen molar-refractivity contribution in [3.8, 4) is 5.75 Å². The summed E-state index contributed by atoms with van der Waals surface area (Å²) in [4.78, 5) is 28.5. The van der Waals surface area contributed by atoms with Crippen molar-refractivity contribution >= 4 is 44.1 Å². The van der Waals surface area contributed by atoms with Crippen LogP contribution >= 0.6 is 0 Å². The fourth-order valence-electron chi connectivity index (χ4n) is 5.26. The number of urea groups is 1. The number of likely N-dealkylation sites (N-methyl/N-ethyl adjacent to an activating group) is 1. The summed E-state index contributed by atoms with van der Waals surface area (Å²) in [5.41, 5.74) is 1.20. The number of aliphatic hydroxyl groups excluding tert-OH is 1. The number of ether oxygens (including phenoxy) is 1. The van der Waals surface area contributed by atoms with Gasteiger partial charge >= 0.3 is 6.03 Å². The summed E-state index contributed by atoms with van der Waals surface area (Å²) >= 11 is 0. The molecule has 230 valence electrons. The molecule has 3 N–H and O–H groups in total. The Labute approximate surface area is 257 Å². The molecule has 0 saturated heterocycles. The van der Waals surface area contributed by atoms with Crippen LogP contribution in [0.3, 0.4) is 0 Å². The molecule has 0 radical (unpaired) electrons. The van der Waals surface area contributed by atoms with Crippen LogP contribution in [0.25, 0.3) is 10.8 Å². The first-order valence-corrected chi connectivity index (χ1v) is 15.8. The number of anilines is 2. The summed E-state index contributed by atoms with van der Waals surface area (Å²) in [5, 5.41) is 17.5. The predicted octanol–water partition coefficient (Wildman–Crippen LogP) is 5.02. The van der Waals surface area contributed by atoms with E-state index in [0.29, 0.717) is 11.4 Å². The van der Waals surface area contributed by atoms with Crippen LogP contribution < -0.4 is 15.4 Å². The molecule has 0 aliphatic carbocycles. The number of benzene rings is 4. The van der Waals surface area contributed by atoms with Crippen molar-refractivity contribution in [2.45, 2.75) is 30.9 Å². The summed E-state index contributed by atoms with van der Waals surface area (Å²) in [6.45, 7) is 3.63. The van der Waals surface area contributed by atoms with Crippen LogP contribution in [0.4, 0.5) is 16.2 Å². The Morgan fingerprint density at radius 2 is 1.73 bits per heavy atom. The monoisotopic (exact) mass is 616 g/mol. The highest BCUT2D eigenvalue weighted by atomic mass is 32.2. The van der Waals surface area contributed by atoms with E-state index in [1.54, 1.807) is 42.2 Å². The summed E-state index contributed by atoms with van der Waals surface area (Å²) in [6.07, 6.45) is -0.618. The number of carbonyl (C=O) groups excluding carboxylic acids is 2. The van der Waals surface area contributed by atoms with E-state index in [2.05, 4.69) is 10.6 Å². The second kappa shape index (κ2) is 13.0. The smallest absolute Gasteiger partial charge is 0.323 e. The van der Waals surface area contributed by atoms with E-state index in [9.17, 15) is 23.1 Å². The molecule has 0 bridgehead atoms. The van der Waals surface area contributed by atoms with Gasteiger partial charge in [-0.3, -0.25) is 4.79 Å². The first-order valence-electron chi connectivity index (χ1n) is 14.4. The van der Waals surface area contributed by atoms with Crippen molar-refractivity contribution < 1.29 is 27.9 Å². The molecule has 0 unspecified atom stereocenters. The molecule has 0 saturated carbocycles. The fourth-order valence-corrected chi connectivity index (χ4v) is 6.47. The van der Waals surface area contributed by atoms with Crippen molar-refractivity contribution in [3.63, 3.8) is 0 Å². The van der Waals surface area contributed by atoms with E-state index in [4.69, 9.17) is 4.74 Å². The number of fused-ring (bicyclic) bond motifs is 2. The highest BCUT2D eigenvalue weighted by Gasteiger charge is 2.35. The van der Waals surface area contributed by atoms with E-state index in [0.717, 1.165) is 10.8 Å². The maximum Gasteiger partial charge on any atom is 0.323 e. The van der Waals surface area contributed by atoms with Crippen LogP contribution in [0, 0.1) is 5.92 Å². The maximum atomic E-state index is 13.8. The zero-order valence-corrected chi connectivity index (χ0v) is 25.6. The van der Waals surface area contributed by atoms with Crippen LogP contribution in [-0.2, 0) is 10.0 Å². The van der Waals surface area contributed by atoms with Crippen LogP contribution in [0.5, 0.6) is 5.75 Å². The summed E-state index contributed by atoms with van der Waals surface area (Å²) in [5.74, 6) is -0.388. The molecule has 44 heavy (non-hydrogen) atoms. The van der Waals surface area contributed by atoms with Gasteiger partial charge in [0.25, 0.3) is 5.91 Å². The number of nitrogens with one attached hydrogen (secondary N) is 2. The van der Waals surface area contributed by atoms with Gasteiger partial charge in [-0.1, -0.05) is 61.5 Å². The number of hydrogen-bond acceptors (Lipinski definition) is 6. The van der Waals surface area contributed by atoms with Gasteiger partial charge in [-0.15, -0.1) is 0 Å². The summed E-state index contributed by atoms with van der Waals surface area (Å²) in [6, 6.07) is 25.3. The van der Waals surface area contributed by atoms with Gasteiger partial charge in [0.15, 0.2) is 0 Å². The van der Waals surface area contributed by atoms with E-state index in [1.807, 2.05) is 49.4 Å². The maximum absolute atomic E-state index is 13.8. The quantitative estimate of drug-likeness (QED) is 0.255. The average Bonchev–Trinajstić information content (AvgIpc) is 3.03. The van der Waals surface area contributed by atoms with Gasteiger partial charge in [-0.2, -0.15) is 4.31 Å². The molecular formula is C33H36N4O6S. The molecule has 10 nitrogen and oxygen atoms in total. The SMILES string of the molecule is C[C@@H]1CN([C@H](C)CO)C(=O)c2cc(NC(=O)Nc3cccc4ccccc34)ccc2O[C@@H]1CN(C)S(=O)(=O)c1ccccc1. The highest BCUT2D eigenvalue weighted by molar-refractivity contribution is 7.89. The van der Waals surface area contributed by atoms with Crippen molar-refractivity contribution in [2.24, 2.45) is 5.92 Å². The second-order valence-electron chi connectivity index (χ2n) is 11.0. The molecule has 3 atom stereocenters. The van der Waals surface area contributed by atoms with Gasteiger partial charge in [-0.25, -0.2) is 13.2 Å². The van der Waals surface area contributed by atoms with Gasteiger partial charge in [0.1, 0.15) is 11.9 Å². The molecule has 0 spiro atoms. The Kier molecular flexibility index (Phi) is 9.19. The Bertz CT molecular complexity index is 1760. The molecule has 0 aromatic heterocycles. The number of nitrogens with zero attached hydrogens (tertiary/aromatic N) is 2. The Morgan fingerprint density at radius 1 is 1.02 bits per heavy atom. The van der Waals surface area contributed by atoms with Gasteiger partial charge in [0.2, 0.25) is 10.0 Å². The molecule has 1 heterocycles. The second-order valence-corrected chi connectivity index (χ2v) is 13.1. The van der Waals surface area contributed by atoms with Crippen LogP contribution in [0.1, 0.15) is 24.2 Å². The number of aliphatic hydroxyl groups is 1. The lowest BCUT2D eigenvalue weighted by Gasteiger charge is -2.38. The number of rotatable bonds is 8. The van der Waals surface area contributed by atoms with E-state index >= 15 is 0 Å². The minimum absolute atomic E-state index is 0.0286. The number of hydrogen-bond donors (Lipinski definition) is 3. The Balaban J connectivity index is 1.41. The van der Waals surface area contributed by atoms with Gasteiger partial charge in [0, 0.05) is 30.6 Å². The number of carbonyl (C=O) groups is 2. The predicted molar refractivity (Wildman–Crippen MR) is 170 cm³/mol. The van der Waals surface area contributed by atoms with Crippen molar-refractivity contribution in [2.75, 3.05) is 37.4 Å². The van der Waals surface area contributed by atoms with Gasteiger partial charge < -0.3 is 25.4 Å². The minimum atomic E-state index is -3.79. The minimum Gasteiger partial charge on any atom is -0.488 e. The van der Waals surface area contributed by atoms with Crippen molar-refractivity contribution in [1.29, 1.82) is 0 Å². The van der Waals surface area contributed by atoms with E-state index in [1.165, 1.54) is 29.6 Å². The standard InChI is InChI=1S/C33H36N4O6S/c1-22-19-37(23(2)21-38)32(39)28-18-25(34-33(40)35-29-15-9-11-24-10-7-8-14-27(24)29)16-17-30(28)43-31(22)20-36(3)44(41,42)26-12-5-4-6-13-26/h4-18,22-23,31,38H,19-21H2,1-3H3,(H2,34,35,40)/t22-,23-,31-/m1/s1. The van der Waals surface area contributed by atoms with Crippen LogP contribution in [0.15, 0.2) is 95.9 Å². The molecule has 0 fully saturated rings. The number of amides is 3. The van der Waals surface area contributed by atoms with Gasteiger partial charge in [0.05, 0.1) is 35.3 Å².